The van der Waals surface area contributed by atoms with E-state index >= 15 is 0 Å². The van der Waals surface area contributed by atoms with Gasteiger partial charge in [0.2, 0.25) is 0 Å². The minimum absolute atomic E-state index is 0.193. The van der Waals surface area contributed by atoms with Gasteiger partial charge in [0.15, 0.2) is 0 Å². The molecular weight excluding hydrogens is 328 g/mol. The van der Waals surface area contributed by atoms with Gasteiger partial charge in [0.05, 0.1) is 17.6 Å². The lowest BCUT2D eigenvalue weighted by Crippen LogP contribution is -2.24. The van der Waals surface area contributed by atoms with Crippen LogP contribution in [0.2, 0.25) is 0 Å². The number of carbonyl (C=O) groups is 1. The molecule has 6 heteroatoms. The summed E-state index contributed by atoms with van der Waals surface area (Å²) in [4.78, 5) is 24.2. The Morgan fingerprint density at radius 3 is 2.38 bits per heavy atom. The monoisotopic (exact) mass is 344 g/mol. The molecule has 0 atom stereocenters. The summed E-state index contributed by atoms with van der Waals surface area (Å²) in [5.74, 6) is -0.193. The lowest BCUT2D eigenvalue weighted by molar-refractivity contribution is 0.0950. The van der Waals surface area contributed by atoms with E-state index in [-0.39, 0.29) is 18.0 Å². The summed E-state index contributed by atoms with van der Waals surface area (Å²) in [6.07, 6.45) is 3.89. The van der Waals surface area contributed by atoms with Gasteiger partial charge in [0.1, 0.15) is 0 Å². The third-order valence-electron chi connectivity index (χ3n) is 4.22. The fourth-order valence-corrected chi connectivity index (χ4v) is 2.86. The number of aromatic amines is 1. The van der Waals surface area contributed by atoms with Gasteiger partial charge in [-0.25, -0.2) is 5.10 Å². The number of aromatic nitrogens is 3. The van der Waals surface area contributed by atoms with Crippen molar-refractivity contribution in [1.82, 2.24) is 20.1 Å². The highest BCUT2D eigenvalue weighted by Crippen LogP contribution is 2.13. The standard InChI is InChI=1S/C20H16N4O2/c25-19(14-7-9-15(10-8-14)24-11-3-4-12-24)21-13-18-16-5-1-2-6-17(16)20(26)23-22-18/h1-12H,13H2,(H,21,25)(H,23,26). The Morgan fingerprint density at radius 1 is 0.962 bits per heavy atom. The molecular formula is C20H16N4O2. The molecule has 26 heavy (non-hydrogen) atoms. The van der Waals surface area contributed by atoms with Crippen LogP contribution in [0.5, 0.6) is 0 Å². The first-order chi connectivity index (χ1) is 12.7. The van der Waals surface area contributed by atoms with Crippen LogP contribution in [0, 0.1) is 0 Å². The minimum Gasteiger partial charge on any atom is -0.346 e. The Kier molecular flexibility index (Phi) is 4.07. The van der Waals surface area contributed by atoms with E-state index in [2.05, 4.69) is 15.5 Å². The van der Waals surface area contributed by atoms with E-state index in [1.165, 1.54) is 0 Å². The molecule has 0 saturated carbocycles. The van der Waals surface area contributed by atoms with Crippen molar-refractivity contribution >= 4 is 16.7 Å². The predicted octanol–water partition coefficient (Wildman–Crippen LogP) is 2.64. The van der Waals surface area contributed by atoms with Crippen molar-refractivity contribution in [2.75, 3.05) is 0 Å². The van der Waals surface area contributed by atoms with E-state index in [0.717, 1.165) is 11.1 Å². The molecule has 6 nitrogen and oxygen atoms in total. The van der Waals surface area contributed by atoms with Crippen molar-refractivity contribution in [3.05, 3.63) is 94.7 Å². The fraction of sp³-hybridized carbons (Fsp3) is 0.0500. The lowest BCUT2D eigenvalue weighted by atomic mass is 10.1. The van der Waals surface area contributed by atoms with Crippen LogP contribution >= 0.6 is 0 Å². The van der Waals surface area contributed by atoms with Crippen molar-refractivity contribution in [1.29, 1.82) is 0 Å². The van der Waals surface area contributed by atoms with Crippen LogP contribution in [0.3, 0.4) is 0 Å². The van der Waals surface area contributed by atoms with Gasteiger partial charge in [-0.2, -0.15) is 5.10 Å². The molecule has 0 unspecified atom stereocenters. The molecule has 2 aromatic heterocycles. The maximum atomic E-state index is 12.4. The highest BCUT2D eigenvalue weighted by molar-refractivity contribution is 5.94. The van der Waals surface area contributed by atoms with Crippen molar-refractivity contribution in [2.45, 2.75) is 6.54 Å². The predicted molar refractivity (Wildman–Crippen MR) is 99.3 cm³/mol. The third kappa shape index (κ3) is 3.00. The van der Waals surface area contributed by atoms with E-state index in [0.29, 0.717) is 16.6 Å². The highest BCUT2D eigenvalue weighted by atomic mass is 16.1. The normalized spacial score (nSPS) is 10.8. The fourth-order valence-electron chi connectivity index (χ4n) is 2.86. The molecule has 0 saturated heterocycles. The van der Waals surface area contributed by atoms with E-state index in [1.807, 2.05) is 53.4 Å². The summed E-state index contributed by atoms with van der Waals surface area (Å²) in [5.41, 5.74) is 1.93. The second kappa shape index (κ2) is 6.68. The Morgan fingerprint density at radius 2 is 1.65 bits per heavy atom. The maximum Gasteiger partial charge on any atom is 0.272 e. The first-order valence-electron chi connectivity index (χ1n) is 8.20. The van der Waals surface area contributed by atoms with Crippen LogP contribution in [0.15, 0.2) is 77.9 Å². The maximum absolute atomic E-state index is 12.4. The number of nitrogens with zero attached hydrogens (tertiary/aromatic N) is 2. The summed E-state index contributed by atoms with van der Waals surface area (Å²) in [6.45, 7) is 0.232. The van der Waals surface area contributed by atoms with Crippen molar-refractivity contribution in [3.63, 3.8) is 0 Å². The van der Waals surface area contributed by atoms with Gasteiger partial charge >= 0.3 is 0 Å². The Balaban J connectivity index is 1.51. The van der Waals surface area contributed by atoms with Gasteiger partial charge in [-0.05, 0) is 42.5 Å². The van der Waals surface area contributed by atoms with Gasteiger partial charge in [-0.1, -0.05) is 18.2 Å². The molecule has 4 rings (SSSR count). The zero-order chi connectivity index (χ0) is 17.9. The van der Waals surface area contributed by atoms with E-state index in [1.54, 1.807) is 24.3 Å². The van der Waals surface area contributed by atoms with Crippen molar-refractivity contribution in [3.8, 4) is 5.69 Å². The Labute approximate surface area is 149 Å². The zero-order valence-corrected chi connectivity index (χ0v) is 13.8. The molecule has 0 aliphatic heterocycles. The van der Waals surface area contributed by atoms with Crippen molar-refractivity contribution < 1.29 is 4.79 Å². The molecule has 0 aliphatic carbocycles. The van der Waals surface area contributed by atoms with Gasteiger partial charge in [0.25, 0.3) is 11.5 Å². The average molecular weight is 344 g/mol. The van der Waals surface area contributed by atoms with Crippen LogP contribution < -0.4 is 10.9 Å². The van der Waals surface area contributed by atoms with Gasteiger partial charge < -0.3 is 9.88 Å². The largest absolute Gasteiger partial charge is 0.346 e. The molecule has 2 heterocycles. The highest BCUT2D eigenvalue weighted by Gasteiger charge is 2.09. The lowest BCUT2D eigenvalue weighted by Gasteiger charge is -2.08. The second-order valence-corrected chi connectivity index (χ2v) is 5.86. The molecule has 0 aliphatic rings. The minimum atomic E-state index is -0.240. The molecule has 0 radical (unpaired) electrons. The summed E-state index contributed by atoms with van der Waals surface area (Å²) >= 11 is 0. The molecule has 0 bridgehead atoms. The molecule has 0 fully saturated rings. The van der Waals surface area contributed by atoms with Gasteiger partial charge in [-0.15, -0.1) is 0 Å². The van der Waals surface area contributed by atoms with Crippen molar-refractivity contribution in [2.24, 2.45) is 0 Å². The smallest absolute Gasteiger partial charge is 0.272 e. The quantitative estimate of drug-likeness (QED) is 0.597. The Bertz CT molecular complexity index is 1110. The number of rotatable bonds is 4. The summed E-state index contributed by atoms with van der Waals surface area (Å²) in [5, 5.41) is 10.7. The van der Waals surface area contributed by atoms with Crippen LogP contribution in [0.1, 0.15) is 16.1 Å². The van der Waals surface area contributed by atoms with Crippen LogP contribution in [-0.4, -0.2) is 20.7 Å². The molecule has 0 spiro atoms. The number of nitrogens with one attached hydrogen (secondary N) is 2. The molecule has 2 aromatic carbocycles. The summed E-state index contributed by atoms with van der Waals surface area (Å²) < 4.78 is 1.97. The average Bonchev–Trinajstić information content (AvgIpc) is 3.22. The summed E-state index contributed by atoms with van der Waals surface area (Å²) in [6, 6.07) is 18.4. The first-order valence-corrected chi connectivity index (χ1v) is 8.20. The van der Waals surface area contributed by atoms with Gasteiger partial charge in [0, 0.05) is 29.0 Å². The summed E-state index contributed by atoms with van der Waals surface area (Å²) in [7, 11) is 0. The zero-order valence-electron chi connectivity index (χ0n) is 13.8. The van der Waals surface area contributed by atoms with Gasteiger partial charge in [-0.3, -0.25) is 9.59 Å². The molecule has 2 N–H and O–H groups in total. The topological polar surface area (TPSA) is 79.8 Å². The number of hydrogen-bond donors (Lipinski definition) is 2. The number of benzene rings is 2. The Hall–Kier alpha value is -3.67. The van der Waals surface area contributed by atoms with E-state index in [4.69, 9.17) is 0 Å². The third-order valence-corrected chi connectivity index (χ3v) is 4.22. The number of carbonyl (C=O) groups excluding carboxylic acids is 1. The molecule has 128 valence electrons. The van der Waals surface area contributed by atoms with Crippen LogP contribution in [0.4, 0.5) is 0 Å². The molecule has 4 aromatic rings. The van der Waals surface area contributed by atoms with Crippen LogP contribution in [-0.2, 0) is 6.54 Å². The number of hydrogen-bond acceptors (Lipinski definition) is 3. The van der Waals surface area contributed by atoms with E-state index in [9.17, 15) is 9.59 Å². The molecule has 1 amide bonds. The first kappa shape index (κ1) is 15.8. The number of H-pyrrole nitrogens is 1. The van der Waals surface area contributed by atoms with E-state index < -0.39 is 0 Å². The number of amides is 1. The SMILES string of the molecule is O=C(NCc1n[nH]c(=O)c2ccccc12)c1ccc(-n2cccc2)cc1. The second-order valence-electron chi connectivity index (χ2n) is 5.86. The number of fused-ring (bicyclic) bond motifs is 1. The van der Waals surface area contributed by atoms with Crippen LogP contribution in [0.25, 0.3) is 16.5 Å².